The quantitative estimate of drug-likeness (QED) is 0.906. The lowest BCUT2D eigenvalue weighted by Crippen LogP contribution is -2.46. The molecule has 1 aromatic carbocycles. The molecule has 1 heterocycles. The molecule has 1 saturated heterocycles. The number of likely N-dealkylation sites (tertiary alicyclic amines) is 1. The zero-order valence-corrected chi connectivity index (χ0v) is 12.0. The lowest BCUT2D eigenvalue weighted by Gasteiger charge is -2.38. The van der Waals surface area contributed by atoms with E-state index < -0.39 is 0 Å². The van der Waals surface area contributed by atoms with Crippen LogP contribution in [0.25, 0.3) is 0 Å². The van der Waals surface area contributed by atoms with Gasteiger partial charge in [0.25, 0.3) is 0 Å². The second kappa shape index (κ2) is 6.49. The van der Waals surface area contributed by atoms with Crippen molar-refractivity contribution in [2.75, 3.05) is 13.1 Å². The molecule has 3 unspecified atom stereocenters. The van der Waals surface area contributed by atoms with Gasteiger partial charge in [0.15, 0.2) is 0 Å². The minimum atomic E-state index is -0.0879. The van der Waals surface area contributed by atoms with Crippen LogP contribution in [0.3, 0.4) is 0 Å². The highest BCUT2D eigenvalue weighted by Crippen LogP contribution is 2.22. The summed E-state index contributed by atoms with van der Waals surface area (Å²) in [6.45, 7) is 6.44. The number of rotatable bonds is 4. The highest BCUT2D eigenvalue weighted by Gasteiger charge is 2.25. The first-order chi connectivity index (χ1) is 9.08. The molecule has 2 N–H and O–H groups in total. The SMILES string of the molecule is CC(N)C1CCCN(C(C)Cc2ccccc2F)C1. The molecule has 1 aromatic rings. The molecule has 0 bridgehead atoms. The molecule has 2 nitrogen and oxygen atoms in total. The van der Waals surface area contributed by atoms with Crippen molar-refractivity contribution in [1.82, 2.24) is 4.90 Å². The van der Waals surface area contributed by atoms with Crippen LogP contribution in [0.5, 0.6) is 0 Å². The van der Waals surface area contributed by atoms with Crippen LogP contribution in [0.2, 0.25) is 0 Å². The number of nitrogens with zero attached hydrogens (tertiary/aromatic N) is 1. The van der Waals surface area contributed by atoms with Gasteiger partial charge in [0.2, 0.25) is 0 Å². The fourth-order valence-corrected chi connectivity index (χ4v) is 2.98. The van der Waals surface area contributed by atoms with Gasteiger partial charge in [0.05, 0.1) is 0 Å². The van der Waals surface area contributed by atoms with Crippen LogP contribution in [-0.4, -0.2) is 30.1 Å². The van der Waals surface area contributed by atoms with Crippen molar-refractivity contribution in [2.45, 2.75) is 45.2 Å². The van der Waals surface area contributed by atoms with Crippen molar-refractivity contribution in [2.24, 2.45) is 11.7 Å². The van der Waals surface area contributed by atoms with Crippen molar-refractivity contribution >= 4 is 0 Å². The molecule has 19 heavy (non-hydrogen) atoms. The van der Waals surface area contributed by atoms with E-state index in [1.807, 2.05) is 12.1 Å². The third-order valence-corrected chi connectivity index (χ3v) is 4.33. The van der Waals surface area contributed by atoms with Gasteiger partial charge >= 0.3 is 0 Å². The summed E-state index contributed by atoms with van der Waals surface area (Å²) in [7, 11) is 0. The van der Waals surface area contributed by atoms with E-state index >= 15 is 0 Å². The number of benzene rings is 1. The van der Waals surface area contributed by atoms with E-state index in [0.717, 1.165) is 25.1 Å². The van der Waals surface area contributed by atoms with Crippen LogP contribution < -0.4 is 5.73 Å². The second-order valence-corrected chi connectivity index (χ2v) is 5.90. The standard InChI is InChI=1S/C16H25FN2/c1-12(10-14-6-3-4-8-16(14)17)19-9-5-7-15(11-19)13(2)18/h3-4,6,8,12-13,15H,5,7,9-11,18H2,1-2H3. The van der Waals surface area contributed by atoms with E-state index in [2.05, 4.69) is 18.7 Å². The van der Waals surface area contributed by atoms with Gasteiger partial charge in [-0.05, 0) is 57.2 Å². The molecular weight excluding hydrogens is 239 g/mol. The average Bonchev–Trinajstić information content (AvgIpc) is 2.41. The van der Waals surface area contributed by atoms with Crippen molar-refractivity contribution in [1.29, 1.82) is 0 Å². The average molecular weight is 264 g/mol. The molecule has 1 aliphatic rings. The van der Waals surface area contributed by atoms with Gasteiger partial charge in [-0.25, -0.2) is 4.39 Å². The maximum atomic E-state index is 13.7. The van der Waals surface area contributed by atoms with Gasteiger partial charge in [-0.3, -0.25) is 4.90 Å². The molecular formula is C16H25FN2. The Morgan fingerprint density at radius 1 is 1.37 bits per heavy atom. The molecule has 3 atom stereocenters. The molecule has 0 aliphatic carbocycles. The summed E-state index contributed by atoms with van der Waals surface area (Å²) in [4.78, 5) is 2.46. The summed E-state index contributed by atoms with van der Waals surface area (Å²) in [6.07, 6.45) is 3.20. The lowest BCUT2D eigenvalue weighted by atomic mass is 9.90. The Hall–Kier alpha value is -0.930. The van der Waals surface area contributed by atoms with Gasteiger partial charge < -0.3 is 5.73 Å². The van der Waals surface area contributed by atoms with Gasteiger partial charge in [0.1, 0.15) is 5.82 Å². The number of piperidine rings is 1. The summed E-state index contributed by atoms with van der Waals surface area (Å²) >= 11 is 0. The van der Waals surface area contributed by atoms with E-state index in [-0.39, 0.29) is 11.9 Å². The third-order valence-electron chi connectivity index (χ3n) is 4.33. The van der Waals surface area contributed by atoms with E-state index in [0.29, 0.717) is 12.0 Å². The molecule has 0 aromatic heterocycles. The van der Waals surface area contributed by atoms with Crippen LogP contribution in [-0.2, 0) is 6.42 Å². The maximum Gasteiger partial charge on any atom is 0.126 e. The fourth-order valence-electron chi connectivity index (χ4n) is 2.98. The molecule has 0 spiro atoms. The van der Waals surface area contributed by atoms with Crippen LogP contribution in [0.1, 0.15) is 32.3 Å². The third kappa shape index (κ3) is 3.77. The Balaban J connectivity index is 1.96. The zero-order valence-electron chi connectivity index (χ0n) is 12.0. The van der Waals surface area contributed by atoms with Crippen LogP contribution in [0, 0.1) is 11.7 Å². The molecule has 1 aliphatic heterocycles. The zero-order chi connectivity index (χ0) is 13.8. The van der Waals surface area contributed by atoms with Gasteiger partial charge in [-0.15, -0.1) is 0 Å². The van der Waals surface area contributed by atoms with E-state index in [1.165, 1.54) is 12.8 Å². The molecule has 2 rings (SSSR count). The lowest BCUT2D eigenvalue weighted by molar-refractivity contribution is 0.120. The largest absolute Gasteiger partial charge is 0.328 e. The van der Waals surface area contributed by atoms with E-state index in [4.69, 9.17) is 5.73 Å². The molecule has 0 saturated carbocycles. The summed E-state index contributed by atoms with van der Waals surface area (Å²) in [5.74, 6) is 0.493. The number of hydrogen-bond acceptors (Lipinski definition) is 2. The van der Waals surface area contributed by atoms with Crippen LogP contribution >= 0.6 is 0 Å². The summed E-state index contributed by atoms with van der Waals surface area (Å²) in [6, 6.07) is 7.71. The normalized spacial score (nSPS) is 24.1. The molecule has 0 radical (unpaired) electrons. The Labute approximate surface area is 115 Å². The highest BCUT2D eigenvalue weighted by molar-refractivity contribution is 5.18. The summed E-state index contributed by atoms with van der Waals surface area (Å²) in [5, 5.41) is 0. The minimum Gasteiger partial charge on any atom is -0.328 e. The molecule has 3 heteroatoms. The van der Waals surface area contributed by atoms with E-state index in [9.17, 15) is 4.39 Å². The number of nitrogens with two attached hydrogens (primary N) is 1. The first-order valence-electron chi connectivity index (χ1n) is 7.31. The van der Waals surface area contributed by atoms with E-state index in [1.54, 1.807) is 12.1 Å². The van der Waals surface area contributed by atoms with Gasteiger partial charge in [0, 0.05) is 18.6 Å². The number of halogens is 1. The van der Waals surface area contributed by atoms with Crippen molar-refractivity contribution in [3.05, 3.63) is 35.6 Å². The van der Waals surface area contributed by atoms with Crippen LogP contribution in [0.15, 0.2) is 24.3 Å². The molecule has 106 valence electrons. The Morgan fingerprint density at radius 2 is 2.11 bits per heavy atom. The van der Waals surface area contributed by atoms with Gasteiger partial charge in [-0.2, -0.15) is 0 Å². The Bertz CT molecular complexity index is 405. The summed E-state index contributed by atoms with van der Waals surface area (Å²) in [5.41, 5.74) is 6.84. The highest BCUT2D eigenvalue weighted by atomic mass is 19.1. The summed E-state index contributed by atoms with van der Waals surface area (Å²) < 4.78 is 13.7. The fraction of sp³-hybridized carbons (Fsp3) is 0.625. The second-order valence-electron chi connectivity index (χ2n) is 5.90. The first kappa shape index (κ1) is 14.5. The molecule has 1 fully saturated rings. The van der Waals surface area contributed by atoms with Crippen molar-refractivity contribution in [3.8, 4) is 0 Å². The maximum absolute atomic E-state index is 13.7. The first-order valence-corrected chi connectivity index (χ1v) is 7.31. The monoisotopic (exact) mass is 264 g/mol. The topological polar surface area (TPSA) is 29.3 Å². The number of hydrogen-bond donors (Lipinski definition) is 1. The predicted molar refractivity (Wildman–Crippen MR) is 77.5 cm³/mol. The van der Waals surface area contributed by atoms with Crippen molar-refractivity contribution < 1.29 is 4.39 Å². The Morgan fingerprint density at radius 3 is 2.79 bits per heavy atom. The molecule has 0 amide bonds. The minimum absolute atomic E-state index is 0.0879. The van der Waals surface area contributed by atoms with Crippen molar-refractivity contribution in [3.63, 3.8) is 0 Å². The predicted octanol–water partition coefficient (Wildman–Crippen LogP) is 2.82. The van der Waals surface area contributed by atoms with Crippen LogP contribution in [0.4, 0.5) is 4.39 Å². The van der Waals surface area contributed by atoms with Gasteiger partial charge in [-0.1, -0.05) is 18.2 Å². The Kier molecular flexibility index (Phi) is 4.94. The smallest absolute Gasteiger partial charge is 0.126 e.